The lowest BCUT2D eigenvalue weighted by molar-refractivity contribution is 0.258. The van der Waals surface area contributed by atoms with Gasteiger partial charge in [-0.1, -0.05) is 64.8 Å². The predicted molar refractivity (Wildman–Crippen MR) is 133 cm³/mol. The summed E-state index contributed by atoms with van der Waals surface area (Å²) in [6.45, 7) is 0.0203. The fraction of sp³-hybridized carbons (Fsp3) is 0.217. The first-order valence-corrected chi connectivity index (χ1v) is 11.3. The van der Waals surface area contributed by atoms with E-state index in [4.69, 9.17) is 45.6 Å². The van der Waals surface area contributed by atoms with Gasteiger partial charge < -0.3 is 10.8 Å². The third kappa shape index (κ3) is 7.35. The van der Waals surface area contributed by atoms with Gasteiger partial charge in [-0.25, -0.2) is 0 Å². The largest absolute Gasteiger partial charge is 0.395 e. The average Bonchev–Trinajstić information content (AvgIpc) is 2.69. The Bertz CT molecular complexity index is 946. The predicted octanol–water partition coefficient (Wildman–Crippen LogP) is 7.53. The number of aliphatic hydroxyl groups excluding tert-OH is 1. The van der Waals surface area contributed by atoms with Crippen molar-refractivity contribution in [3.8, 4) is 11.1 Å². The minimum atomic E-state index is -0.158. The smallest absolute Gasteiger partial charge is 0.0582 e. The fourth-order valence-electron chi connectivity index (χ4n) is 3.01. The Balaban J connectivity index is 0.00000320. The molecule has 0 aliphatic heterocycles. The van der Waals surface area contributed by atoms with Crippen molar-refractivity contribution in [2.45, 2.75) is 35.1 Å². The van der Waals surface area contributed by atoms with Crippen molar-refractivity contribution < 1.29 is 5.11 Å². The molecule has 0 aliphatic carbocycles. The van der Waals surface area contributed by atoms with Crippen LogP contribution in [0.1, 0.15) is 18.4 Å². The first kappa shape index (κ1) is 25.4. The van der Waals surface area contributed by atoms with Crippen molar-refractivity contribution in [1.29, 1.82) is 0 Å². The average molecular weight is 503 g/mol. The van der Waals surface area contributed by atoms with Crippen molar-refractivity contribution in [2.24, 2.45) is 5.73 Å². The van der Waals surface area contributed by atoms with E-state index in [0.29, 0.717) is 10.0 Å². The van der Waals surface area contributed by atoms with Crippen LogP contribution in [-0.2, 0) is 6.42 Å². The van der Waals surface area contributed by atoms with Crippen LogP contribution in [0.3, 0.4) is 0 Å². The number of benzene rings is 3. The molecule has 2 nitrogen and oxygen atoms in total. The third-order valence-corrected chi connectivity index (χ3v) is 6.35. The highest BCUT2D eigenvalue weighted by atomic mass is 35.5. The molecule has 0 saturated heterocycles. The second-order valence-corrected chi connectivity index (χ2v) is 9.30. The maximum absolute atomic E-state index is 9.00. The van der Waals surface area contributed by atoms with Gasteiger partial charge in [0, 0.05) is 30.9 Å². The molecule has 30 heavy (non-hydrogen) atoms. The lowest BCUT2D eigenvalue weighted by atomic mass is 10.1. The third-order valence-electron chi connectivity index (χ3n) is 4.57. The quantitative estimate of drug-likeness (QED) is 0.334. The molecule has 1 atom stereocenters. The summed E-state index contributed by atoms with van der Waals surface area (Å²) < 4.78 is 0. The summed E-state index contributed by atoms with van der Waals surface area (Å²) in [5.74, 6) is 0. The molecule has 1 unspecified atom stereocenters. The molecule has 3 rings (SSSR count). The van der Waals surface area contributed by atoms with E-state index in [1.807, 2.05) is 18.2 Å². The summed E-state index contributed by atoms with van der Waals surface area (Å²) in [7, 11) is 0. The Kier molecular flexibility index (Phi) is 10.3. The van der Waals surface area contributed by atoms with Crippen LogP contribution in [0.4, 0.5) is 0 Å². The summed E-state index contributed by atoms with van der Waals surface area (Å²) in [6.07, 6.45) is 2.55. The Hall–Kier alpha value is -0.910. The van der Waals surface area contributed by atoms with Gasteiger partial charge in [0.05, 0.1) is 6.61 Å². The Morgan fingerprint density at radius 2 is 1.47 bits per heavy atom. The summed E-state index contributed by atoms with van der Waals surface area (Å²) in [5, 5.41) is 11.0. The van der Waals surface area contributed by atoms with E-state index in [2.05, 4.69) is 36.4 Å². The minimum absolute atomic E-state index is 0. The van der Waals surface area contributed by atoms with Gasteiger partial charge in [-0.3, -0.25) is 0 Å². The molecule has 0 amide bonds. The van der Waals surface area contributed by atoms with Crippen LogP contribution >= 0.6 is 59.0 Å². The van der Waals surface area contributed by atoms with Crippen molar-refractivity contribution in [1.82, 2.24) is 0 Å². The fourth-order valence-corrected chi connectivity index (χ4v) is 4.74. The summed E-state index contributed by atoms with van der Waals surface area (Å²) >= 11 is 20.3. The van der Waals surface area contributed by atoms with Gasteiger partial charge in [0.25, 0.3) is 0 Å². The van der Waals surface area contributed by atoms with Crippen molar-refractivity contribution in [3.05, 3.63) is 81.3 Å². The number of hydrogen-bond acceptors (Lipinski definition) is 3. The van der Waals surface area contributed by atoms with E-state index >= 15 is 0 Å². The molecule has 0 bridgehead atoms. The van der Waals surface area contributed by atoms with E-state index in [0.717, 1.165) is 50.8 Å². The molecular weight excluding hydrogens is 480 g/mol. The van der Waals surface area contributed by atoms with Crippen LogP contribution in [0, 0.1) is 0 Å². The van der Waals surface area contributed by atoms with Gasteiger partial charge in [-0.2, -0.15) is 0 Å². The lowest BCUT2D eigenvalue weighted by Gasteiger charge is -2.10. The van der Waals surface area contributed by atoms with Gasteiger partial charge in [0.15, 0.2) is 0 Å². The Labute approximate surface area is 203 Å². The van der Waals surface area contributed by atoms with Crippen LogP contribution in [0.5, 0.6) is 0 Å². The summed E-state index contributed by atoms with van der Waals surface area (Å²) in [6, 6.07) is 19.8. The highest BCUT2D eigenvalue weighted by molar-refractivity contribution is 7.99. The van der Waals surface area contributed by atoms with Gasteiger partial charge >= 0.3 is 0 Å². The maximum Gasteiger partial charge on any atom is 0.0582 e. The molecule has 0 fully saturated rings. The van der Waals surface area contributed by atoms with E-state index in [1.165, 1.54) is 0 Å². The lowest BCUT2D eigenvalue weighted by Crippen LogP contribution is -2.24. The number of rotatable bonds is 8. The molecule has 160 valence electrons. The first-order chi connectivity index (χ1) is 13.9. The molecule has 3 N–H and O–H groups in total. The minimum Gasteiger partial charge on any atom is -0.395 e. The molecule has 0 saturated carbocycles. The van der Waals surface area contributed by atoms with Crippen LogP contribution in [0.25, 0.3) is 11.1 Å². The molecule has 0 aliphatic rings. The first-order valence-electron chi connectivity index (χ1n) is 9.34. The van der Waals surface area contributed by atoms with Crippen molar-refractivity contribution >= 4 is 59.0 Å². The number of hydrogen-bond donors (Lipinski definition) is 2. The molecule has 3 aromatic rings. The van der Waals surface area contributed by atoms with E-state index < -0.39 is 0 Å². The SMILES string of the molecule is Cl.NC(CO)CCCc1ccc(Sc2ccc(-c3cc(Cl)cc(Cl)c3)cc2)cc1Cl. The zero-order valence-corrected chi connectivity index (χ0v) is 20.1. The van der Waals surface area contributed by atoms with E-state index in [9.17, 15) is 0 Å². The second kappa shape index (κ2) is 12.2. The summed E-state index contributed by atoms with van der Waals surface area (Å²) in [4.78, 5) is 2.21. The second-order valence-electron chi connectivity index (χ2n) is 6.87. The zero-order chi connectivity index (χ0) is 20.8. The van der Waals surface area contributed by atoms with E-state index in [1.54, 1.807) is 17.8 Å². The van der Waals surface area contributed by atoms with Crippen molar-refractivity contribution in [3.63, 3.8) is 0 Å². The zero-order valence-electron chi connectivity index (χ0n) is 16.2. The number of aryl methyl sites for hydroxylation is 1. The molecule has 7 heteroatoms. The highest BCUT2D eigenvalue weighted by Gasteiger charge is 2.07. The number of aliphatic hydroxyl groups is 1. The van der Waals surface area contributed by atoms with Crippen LogP contribution in [-0.4, -0.2) is 17.8 Å². The highest BCUT2D eigenvalue weighted by Crippen LogP contribution is 2.33. The van der Waals surface area contributed by atoms with Crippen LogP contribution < -0.4 is 5.73 Å². The summed E-state index contributed by atoms with van der Waals surface area (Å²) in [5.41, 5.74) is 8.91. The monoisotopic (exact) mass is 501 g/mol. The van der Waals surface area contributed by atoms with Crippen LogP contribution in [0.15, 0.2) is 70.5 Å². The molecule has 0 radical (unpaired) electrons. The topological polar surface area (TPSA) is 46.2 Å². The standard InChI is InChI=1S/C23H22Cl3NOS.ClH/c24-18-10-17(11-19(25)12-18)15-4-7-21(8-5-15)29-22-9-6-16(23(26)13-22)2-1-3-20(27)14-28;/h4-13,20,28H,1-3,14,27H2;1H. The number of nitrogens with two attached hydrogens (primary N) is 1. The Morgan fingerprint density at radius 1 is 0.833 bits per heavy atom. The normalized spacial score (nSPS) is 11.8. The Morgan fingerprint density at radius 3 is 2.07 bits per heavy atom. The van der Waals surface area contributed by atoms with Gasteiger partial charge in [0.1, 0.15) is 0 Å². The maximum atomic E-state index is 9.00. The molecule has 0 heterocycles. The molecule has 0 aromatic heterocycles. The van der Waals surface area contributed by atoms with Crippen molar-refractivity contribution in [2.75, 3.05) is 6.61 Å². The molecular formula is C23H23Cl4NOS. The van der Waals surface area contributed by atoms with Gasteiger partial charge in [-0.15, -0.1) is 12.4 Å². The molecule has 3 aromatic carbocycles. The van der Waals surface area contributed by atoms with Gasteiger partial charge in [0.2, 0.25) is 0 Å². The number of halogens is 4. The van der Waals surface area contributed by atoms with Gasteiger partial charge in [-0.05, 0) is 78.4 Å². The van der Waals surface area contributed by atoms with Crippen LogP contribution in [0.2, 0.25) is 15.1 Å². The van der Waals surface area contributed by atoms with E-state index in [-0.39, 0.29) is 25.1 Å². The molecule has 0 spiro atoms.